The largest absolute Gasteiger partial charge is 0.338 e. The van der Waals surface area contributed by atoms with Gasteiger partial charge in [-0.3, -0.25) is 4.79 Å². The number of likely N-dealkylation sites (tertiary alicyclic amines) is 2. The van der Waals surface area contributed by atoms with E-state index < -0.39 is 0 Å². The smallest absolute Gasteiger partial charge is 0.319 e. The molecule has 5 nitrogen and oxygen atoms in total. The molecule has 0 N–H and O–H groups in total. The SMILES string of the molecule is Cc1cccc(CN2CCC3(CCN(C(=O)N(C)C)C3)C2=O)c1. The predicted octanol–water partition coefficient (Wildman–Crippen LogP) is 2.10. The molecule has 2 aliphatic heterocycles. The Morgan fingerprint density at radius 1 is 1.26 bits per heavy atom. The molecule has 0 aliphatic carbocycles. The van der Waals surface area contributed by atoms with Crippen molar-refractivity contribution < 1.29 is 9.59 Å². The van der Waals surface area contributed by atoms with E-state index in [4.69, 9.17) is 0 Å². The lowest BCUT2D eigenvalue weighted by Crippen LogP contribution is -2.41. The number of carbonyl (C=O) groups excluding carboxylic acids is 2. The van der Waals surface area contributed by atoms with Crippen molar-refractivity contribution in [3.63, 3.8) is 0 Å². The average molecular weight is 315 g/mol. The summed E-state index contributed by atoms with van der Waals surface area (Å²) in [6, 6.07) is 8.31. The minimum atomic E-state index is -0.352. The number of rotatable bonds is 2. The first-order chi connectivity index (χ1) is 10.9. The summed E-state index contributed by atoms with van der Waals surface area (Å²) in [6.45, 7) is 4.77. The van der Waals surface area contributed by atoms with E-state index in [-0.39, 0.29) is 17.4 Å². The average Bonchev–Trinajstić information content (AvgIpc) is 3.07. The van der Waals surface area contributed by atoms with Crippen LogP contribution in [0.1, 0.15) is 24.0 Å². The third kappa shape index (κ3) is 2.92. The van der Waals surface area contributed by atoms with Gasteiger partial charge in [-0.1, -0.05) is 29.8 Å². The van der Waals surface area contributed by atoms with Gasteiger partial charge < -0.3 is 14.7 Å². The number of hydrogen-bond donors (Lipinski definition) is 0. The van der Waals surface area contributed by atoms with E-state index in [1.165, 1.54) is 11.1 Å². The molecule has 2 aliphatic rings. The number of urea groups is 1. The van der Waals surface area contributed by atoms with Crippen molar-refractivity contribution >= 4 is 11.9 Å². The first kappa shape index (κ1) is 15.8. The summed E-state index contributed by atoms with van der Waals surface area (Å²) in [6.07, 6.45) is 1.64. The summed E-state index contributed by atoms with van der Waals surface area (Å²) in [5.41, 5.74) is 2.04. The van der Waals surface area contributed by atoms with E-state index in [9.17, 15) is 9.59 Å². The number of nitrogens with zero attached hydrogens (tertiary/aromatic N) is 3. The highest BCUT2D eigenvalue weighted by molar-refractivity contribution is 5.87. The van der Waals surface area contributed by atoms with E-state index in [0.29, 0.717) is 19.6 Å². The zero-order valence-corrected chi connectivity index (χ0v) is 14.2. The molecule has 23 heavy (non-hydrogen) atoms. The van der Waals surface area contributed by atoms with Crippen molar-refractivity contribution in [2.24, 2.45) is 5.41 Å². The molecule has 124 valence electrons. The van der Waals surface area contributed by atoms with E-state index in [0.717, 1.165) is 19.4 Å². The maximum absolute atomic E-state index is 12.9. The predicted molar refractivity (Wildman–Crippen MR) is 88.9 cm³/mol. The highest BCUT2D eigenvalue weighted by Crippen LogP contribution is 2.41. The van der Waals surface area contributed by atoms with Crippen molar-refractivity contribution in [3.8, 4) is 0 Å². The van der Waals surface area contributed by atoms with Gasteiger partial charge >= 0.3 is 6.03 Å². The fourth-order valence-corrected chi connectivity index (χ4v) is 3.77. The summed E-state index contributed by atoms with van der Waals surface area (Å²) in [7, 11) is 3.52. The van der Waals surface area contributed by atoms with Crippen LogP contribution in [-0.2, 0) is 11.3 Å². The molecule has 1 aromatic rings. The summed E-state index contributed by atoms with van der Waals surface area (Å²) in [5.74, 6) is 0.216. The van der Waals surface area contributed by atoms with Gasteiger partial charge in [-0.2, -0.15) is 0 Å². The summed E-state index contributed by atoms with van der Waals surface area (Å²) in [5, 5.41) is 0. The lowest BCUT2D eigenvalue weighted by molar-refractivity contribution is -0.135. The Labute approximate surface area is 137 Å². The molecule has 0 radical (unpaired) electrons. The van der Waals surface area contributed by atoms with E-state index >= 15 is 0 Å². The molecule has 1 aromatic carbocycles. The molecular weight excluding hydrogens is 290 g/mol. The standard InChI is InChI=1S/C18H25N3O2/c1-14-5-4-6-15(11-14)12-20-9-7-18(16(20)22)8-10-21(13-18)17(23)19(2)3/h4-6,11H,7-10,12-13H2,1-3H3. The van der Waals surface area contributed by atoms with Gasteiger partial charge in [0.1, 0.15) is 0 Å². The van der Waals surface area contributed by atoms with Crippen LogP contribution in [0.3, 0.4) is 0 Å². The number of aryl methyl sites for hydroxylation is 1. The molecule has 1 atom stereocenters. The molecule has 2 saturated heterocycles. The van der Waals surface area contributed by atoms with Crippen molar-refractivity contribution in [1.82, 2.24) is 14.7 Å². The highest BCUT2D eigenvalue weighted by Gasteiger charge is 2.51. The Hall–Kier alpha value is -2.04. The summed E-state index contributed by atoms with van der Waals surface area (Å²) in [4.78, 5) is 30.4. The maximum Gasteiger partial charge on any atom is 0.319 e. The molecule has 5 heteroatoms. The fourth-order valence-electron chi connectivity index (χ4n) is 3.77. The lowest BCUT2D eigenvalue weighted by atomic mass is 9.85. The van der Waals surface area contributed by atoms with Crippen molar-refractivity contribution in [2.75, 3.05) is 33.7 Å². The Kier molecular flexibility index (Phi) is 4.04. The van der Waals surface area contributed by atoms with Crippen molar-refractivity contribution in [2.45, 2.75) is 26.3 Å². The molecule has 0 saturated carbocycles. The minimum Gasteiger partial charge on any atom is -0.338 e. The van der Waals surface area contributed by atoms with Crippen LogP contribution in [0.15, 0.2) is 24.3 Å². The monoisotopic (exact) mass is 315 g/mol. The van der Waals surface area contributed by atoms with Crippen LogP contribution in [0.2, 0.25) is 0 Å². The van der Waals surface area contributed by atoms with Crippen LogP contribution in [0.5, 0.6) is 0 Å². The first-order valence-electron chi connectivity index (χ1n) is 8.22. The van der Waals surface area contributed by atoms with Crippen LogP contribution >= 0.6 is 0 Å². The van der Waals surface area contributed by atoms with Crippen LogP contribution in [-0.4, -0.2) is 60.4 Å². The molecular formula is C18H25N3O2. The molecule has 1 spiro atoms. The topological polar surface area (TPSA) is 43.9 Å². The van der Waals surface area contributed by atoms with Crippen molar-refractivity contribution in [1.29, 1.82) is 0 Å². The first-order valence-corrected chi connectivity index (χ1v) is 8.22. The van der Waals surface area contributed by atoms with Crippen LogP contribution in [0.25, 0.3) is 0 Å². The van der Waals surface area contributed by atoms with Crippen LogP contribution in [0, 0.1) is 12.3 Å². The van der Waals surface area contributed by atoms with Crippen LogP contribution in [0.4, 0.5) is 4.79 Å². The fraction of sp³-hybridized carbons (Fsp3) is 0.556. The van der Waals surface area contributed by atoms with Gasteiger partial charge in [0.25, 0.3) is 0 Å². The van der Waals surface area contributed by atoms with Gasteiger partial charge in [-0.15, -0.1) is 0 Å². The second kappa shape index (κ2) is 5.87. The Morgan fingerprint density at radius 3 is 2.70 bits per heavy atom. The number of carbonyl (C=O) groups is 2. The number of benzene rings is 1. The maximum atomic E-state index is 12.9. The summed E-state index contributed by atoms with van der Waals surface area (Å²) >= 11 is 0. The van der Waals surface area contributed by atoms with Gasteiger partial charge in [0.05, 0.1) is 5.41 Å². The van der Waals surface area contributed by atoms with E-state index in [1.54, 1.807) is 19.0 Å². The Morgan fingerprint density at radius 2 is 2.00 bits per heavy atom. The molecule has 0 aromatic heterocycles. The van der Waals surface area contributed by atoms with Gasteiger partial charge in [0, 0.05) is 40.3 Å². The molecule has 3 rings (SSSR count). The van der Waals surface area contributed by atoms with Gasteiger partial charge in [0.2, 0.25) is 5.91 Å². The van der Waals surface area contributed by atoms with E-state index in [2.05, 4.69) is 25.1 Å². The van der Waals surface area contributed by atoms with Gasteiger partial charge in [-0.05, 0) is 25.3 Å². The molecule has 2 fully saturated rings. The zero-order valence-electron chi connectivity index (χ0n) is 14.2. The Bertz CT molecular complexity index is 628. The minimum absolute atomic E-state index is 0.00630. The Balaban J connectivity index is 1.68. The lowest BCUT2D eigenvalue weighted by Gasteiger charge is -2.25. The molecule has 0 bridgehead atoms. The van der Waals surface area contributed by atoms with E-state index in [1.807, 2.05) is 15.9 Å². The molecule has 2 heterocycles. The number of hydrogen-bond acceptors (Lipinski definition) is 2. The molecule has 3 amide bonds. The van der Waals surface area contributed by atoms with Crippen molar-refractivity contribution in [3.05, 3.63) is 35.4 Å². The highest BCUT2D eigenvalue weighted by atomic mass is 16.2. The second-order valence-electron chi connectivity index (χ2n) is 7.09. The third-order valence-corrected chi connectivity index (χ3v) is 5.06. The zero-order chi connectivity index (χ0) is 16.6. The quantitative estimate of drug-likeness (QED) is 0.839. The normalized spacial score (nSPS) is 23.9. The second-order valence-corrected chi connectivity index (χ2v) is 7.09. The molecule has 1 unspecified atom stereocenters. The van der Waals surface area contributed by atoms with Gasteiger partial charge in [-0.25, -0.2) is 4.79 Å². The number of amides is 3. The summed E-state index contributed by atoms with van der Waals surface area (Å²) < 4.78 is 0. The van der Waals surface area contributed by atoms with Gasteiger partial charge in [0.15, 0.2) is 0 Å². The van der Waals surface area contributed by atoms with Crippen LogP contribution < -0.4 is 0 Å². The third-order valence-electron chi connectivity index (χ3n) is 5.06.